The van der Waals surface area contributed by atoms with Crippen LogP contribution in [0.3, 0.4) is 0 Å². The lowest BCUT2D eigenvalue weighted by atomic mass is 9.95. The van der Waals surface area contributed by atoms with Gasteiger partial charge in [0.25, 0.3) is 11.8 Å². The zero-order valence-electron chi connectivity index (χ0n) is 16.8. The summed E-state index contributed by atoms with van der Waals surface area (Å²) in [7, 11) is 3.62. The first-order valence-corrected chi connectivity index (χ1v) is 9.82. The molecule has 6 heteroatoms. The topological polar surface area (TPSA) is 76.1 Å². The number of nitrogens with zero attached hydrogens (tertiary/aromatic N) is 1. The molecule has 0 radical (unpaired) electrons. The molecule has 0 bridgehead atoms. The van der Waals surface area contributed by atoms with Gasteiger partial charge in [-0.2, -0.15) is 0 Å². The lowest BCUT2D eigenvalue weighted by Gasteiger charge is -2.04. The molecule has 1 aliphatic rings. The Kier molecular flexibility index (Phi) is 4.29. The predicted molar refractivity (Wildman–Crippen MR) is 117 cm³/mol. The molecule has 4 aromatic rings. The maximum Gasteiger partial charge on any atom is 0.259 e. The maximum absolute atomic E-state index is 12.8. The van der Waals surface area contributed by atoms with Gasteiger partial charge in [-0.25, -0.2) is 0 Å². The van der Waals surface area contributed by atoms with E-state index in [4.69, 9.17) is 4.74 Å². The van der Waals surface area contributed by atoms with Crippen LogP contribution in [0.2, 0.25) is 0 Å². The molecule has 5 rings (SSSR count). The number of hydrogen-bond acceptors (Lipinski definition) is 3. The number of methoxy groups -OCH3 is 1. The second kappa shape index (κ2) is 7.00. The van der Waals surface area contributed by atoms with Crippen LogP contribution in [0.5, 0.6) is 0 Å². The van der Waals surface area contributed by atoms with E-state index in [9.17, 15) is 9.59 Å². The van der Waals surface area contributed by atoms with Gasteiger partial charge < -0.3 is 14.3 Å². The fourth-order valence-electron chi connectivity index (χ4n) is 4.27. The standard InChI is InChI=1S/C24H21N3O3/c1-27-13-18(16-5-3-4-6-20(16)27)22-21(23(28)26-24(22)29)17-12-25-19-11-14(9-10-30-2)7-8-15(17)19/h3-8,11-13,25H,9-10H2,1-2H3,(H,26,28,29). The van der Waals surface area contributed by atoms with Crippen LogP contribution in [0.1, 0.15) is 16.7 Å². The molecular weight excluding hydrogens is 378 g/mol. The molecule has 0 spiro atoms. The molecule has 0 unspecified atom stereocenters. The SMILES string of the molecule is COCCc1ccc2c(C3=C(c4cn(C)c5ccccc45)C(=O)NC3=O)c[nH]c2c1. The number of carbonyl (C=O) groups is 2. The number of rotatable bonds is 5. The molecule has 2 aromatic carbocycles. The zero-order chi connectivity index (χ0) is 20.8. The smallest absolute Gasteiger partial charge is 0.259 e. The first kappa shape index (κ1) is 18.4. The monoisotopic (exact) mass is 399 g/mol. The molecule has 30 heavy (non-hydrogen) atoms. The first-order valence-electron chi connectivity index (χ1n) is 9.82. The van der Waals surface area contributed by atoms with Gasteiger partial charge in [-0.05, 0) is 24.1 Å². The number of H-pyrrole nitrogens is 1. The number of benzene rings is 2. The van der Waals surface area contributed by atoms with Crippen LogP contribution in [-0.4, -0.2) is 35.1 Å². The van der Waals surface area contributed by atoms with Crippen LogP contribution in [-0.2, 0) is 27.8 Å². The van der Waals surface area contributed by atoms with Crippen LogP contribution in [0.25, 0.3) is 33.0 Å². The van der Waals surface area contributed by atoms with Crippen LogP contribution >= 0.6 is 0 Å². The fraction of sp³-hybridized carbons (Fsp3) is 0.167. The number of para-hydroxylation sites is 1. The number of imide groups is 1. The minimum Gasteiger partial charge on any atom is -0.384 e. The van der Waals surface area contributed by atoms with Crippen LogP contribution < -0.4 is 5.32 Å². The number of aromatic nitrogens is 2. The quantitative estimate of drug-likeness (QED) is 0.505. The summed E-state index contributed by atoms with van der Waals surface area (Å²) in [4.78, 5) is 28.9. The van der Waals surface area contributed by atoms with Crippen molar-refractivity contribution >= 4 is 44.8 Å². The van der Waals surface area contributed by atoms with Crippen molar-refractivity contribution in [1.29, 1.82) is 0 Å². The number of aromatic amines is 1. The van der Waals surface area contributed by atoms with E-state index in [1.165, 1.54) is 0 Å². The van der Waals surface area contributed by atoms with E-state index in [2.05, 4.69) is 16.4 Å². The molecule has 6 nitrogen and oxygen atoms in total. The molecule has 2 amide bonds. The molecule has 150 valence electrons. The van der Waals surface area contributed by atoms with Crippen molar-refractivity contribution in [2.45, 2.75) is 6.42 Å². The van der Waals surface area contributed by atoms with Gasteiger partial charge in [-0.3, -0.25) is 14.9 Å². The Morgan fingerprint density at radius 1 is 0.967 bits per heavy atom. The van der Waals surface area contributed by atoms with E-state index in [1.807, 2.05) is 60.4 Å². The average molecular weight is 399 g/mol. The largest absolute Gasteiger partial charge is 0.384 e. The number of hydrogen-bond donors (Lipinski definition) is 2. The van der Waals surface area contributed by atoms with E-state index in [1.54, 1.807) is 7.11 Å². The summed E-state index contributed by atoms with van der Waals surface area (Å²) in [5.74, 6) is -0.732. The van der Waals surface area contributed by atoms with Crippen LogP contribution in [0.15, 0.2) is 54.9 Å². The molecule has 0 fully saturated rings. The molecule has 2 aromatic heterocycles. The minimum atomic E-state index is -0.368. The lowest BCUT2D eigenvalue weighted by molar-refractivity contribution is -0.122. The molecule has 1 aliphatic heterocycles. The second-order valence-corrected chi connectivity index (χ2v) is 7.53. The van der Waals surface area contributed by atoms with E-state index < -0.39 is 0 Å². The Morgan fingerprint density at radius 3 is 2.53 bits per heavy atom. The maximum atomic E-state index is 12.8. The number of nitrogens with one attached hydrogen (secondary N) is 2. The van der Waals surface area contributed by atoms with Crippen molar-refractivity contribution in [2.75, 3.05) is 13.7 Å². The summed E-state index contributed by atoms with van der Waals surface area (Å²) in [5, 5.41) is 4.34. The third kappa shape index (κ3) is 2.76. The highest BCUT2D eigenvalue weighted by Gasteiger charge is 2.34. The Hall–Kier alpha value is -3.64. The molecule has 0 aliphatic carbocycles. The lowest BCUT2D eigenvalue weighted by Crippen LogP contribution is -2.22. The van der Waals surface area contributed by atoms with Crippen molar-refractivity contribution in [3.05, 3.63) is 71.5 Å². The number of carbonyl (C=O) groups excluding carboxylic acids is 2. The summed E-state index contributed by atoms with van der Waals surface area (Å²) >= 11 is 0. The molecule has 0 saturated heterocycles. The number of amides is 2. The van der Waals surface area contributed by atoms with Gasteiger partial charge in [0.1, 0.15) is 0 Å². The molecular formula is C24H21N3O3. The first-order chi connectivity index (χ1) is 14.6. The highest BCUT2D eigenvalue weighted by atomic mass is 16.5. The third-order valence-corrected chi connectivity index (χ3v) is 5.71. The highest BCUT2D eigenvalue weighted by molar-refractivity contribution is 6.50. The molecule has 0 saturated carbocycles. The summed E-state index contributed by atoms with van der Waals surface area (Å²) in [6.07, 6.45) is 4.53. The second-order valence-electron chi connectivity index (χ2n) is 7.53. The van der Waals surface area contributed by atoms with Gasteiger partial charge in [-0.1, -0.05) is 30.3 Å². The highest BCUT2D eigenvalue weighted by Crippen LogP contribution is 2.38. The molecule has 2 N–H and O–H groups in total. The van der Waals surface area contributed by atoms with E-state index in [-0.39, 0.29) is 11.8 Å². The number of aryl methyl sites for hydroxylation is 1. The van der Waals surface area contributed by atoms with Crippen LogP contribution in [0, 0.1) is 0 Å². The van der Waals surface area contributed by atoms with Gasteiger partial charge in [0.15, 0.2) is 0 Å². The van der Waals surface area contributed by atoms with E-state index in [0.717, 1.165) is 44.9 Å². The predicted octanol–water partition coefficient (Wildman–Crippen LogP) is 3.42. The van der Waals surface area contributed by atoms with Gasteiger partial charge in [0.05, 0.1) is 17.8 Å². The minimum absolute atomic E-state index is 0.364. The summed E-state index contributed by atoms with van der Waals surface area (Å²) in [6.45, 7) is 0.645. The Balaban J connectivity index is 1.72. The van der Waals surface area contributed by atoms with Crippen molar-refractivity contribution in [1.82, 2.24) is 14.9 Å². The molecule has 0 atom stereocenters. The summed E-state index contributed by atoms with van der Waals surface area (Å²) < 4.78 is 7.14. The number of fused-ring (bicyclic) bond motifs is 2. The third-order valence-electron chi connectivity index (χ3n) is 5.71. The normalized spacial score (nSPS) is 14.3. The van der Waals surface area contributed by atoms with E-state index in [0.29, 0.717) is 17.8 Å². The van der Waals surface area contributed by atoms with Crippen LogP contribution in [0.4, 0.5) is 0 Å². The van der Waals surface area contributed by atoms with Gasteiger partial charge in [0, 0.05) is 59.5 Å². The fourth-order valence-corrected chi connectivity index (χ4v) is 4.27. The average Bonchev–Trinajstić information content (AvgIpc) is 3.39. The zero-order valence-corrected chi connectivity index (χ0v) is 16.8. The van der Waals surface area contributed by atoms with E-state index >= 15 is 0 Å². The van der Waals surface area contributed by atoms with Gasteiger partial charge in [0.2, 0.25) is 0 Å². The Bertz CT molecular complexity index is 1360. The van der Waals surface area contributed by atoms with Crippen molar-refractivity contribution in [3.8, 4) is 0 Å². The van der Waals surface area contributed by atoms with Crippen molar-refractivity contribution in [2.24, 2.45) is 7.05 Å². The van der Waals surface area contributed by atoms with Gasteiger partial charge in [-0.15, -0.1) is 0 Å². The summed E-state index contributed by atoms with van der Waals surface area (Å²) in [6, 6.07) is 14.0. The van der Waals surface area contributed by atoms with Crippen molar-refractivity contribution in [3.63, 3.8) is 0 Å². The number of ether oxygens (including phenoxy) is 1. The van der Waals surface area contributed by atoms with Gasteiger partial charge >= 0.3 is 0 Å². The Labute approximate surface area is 173 Å². The summed E-state index contributed by atoms with van der Waals surface area (Å²) in [5.41, 5.74) is 5.40. The molecule has 3 heterocycles. The Morgan fingerprint density at radius 2 is 1.73 bits per heavy atom. The van der Waals surface area contributed by atoms with Crippen molar-refractivity contribution < 1.29 is 14.3 Å².